The van der Waals surface area contributed by atoms with Crippen LogP contribution in [0.2, 0.25) is 0 Å². The molecule has 1 unspecified atom stereocenters. The van der Waals surface area contributed by atoms with Gasteiger partial charge in [-0.3, -0.25) is 0 Å². The van der Waals surface area contributed by atoms with Gasteiger partial charge >= 0.3 is 0 Å². The Morgan fingerprint density at radius 2 is 2.30 bits per heavy atom. The van der Waals surface area contributed by atoms with Crippen LogP contribution >= 0.6 is 0 Å². The summed E-state index contributed by atoms with van der Waals surface area (Å²) >= 11 is 0. The zero-order chi connectivity index (χ0) is 15.6. The Balaban J connectivity index is 1.61. The molecule has 3 heterocycles. The molecule has 1 aromatic carbocycles. The molecule has 4 rings (SSSR count). The minimum Gasteiger partial charge on any atom is -0.493 e. The molecule has 0 N–H and O–H groups in total. The van der Waals surface area contributed by atoms with Crippen LogP contribution in [0.3, 0.4) is 0 Å². The third kappa shape index (κ3) is 2.88. The standard InChI is InChI=1S/C19H25N3O/c1-2-9-21-10-3-4-17(14-21)22-11-8-20-19(22)16-5-6-18-15(13-16)7-12-23-18/h5-6,8,11,13,17H,2-4,7,9-10,12,14H2,1H3. The lowest BCUT2D eigenvalue weighted by molar-refractivity contribution is 0.178. The van der Waals surface area contributed by atoms with Crippen molar-refractivity contribution in [2.24, 2.45) is 0 Å². The monoisotopic (exact) mass is 311 g/mol. The van der Waals surface area contributed by atoms with Crippen molar-refractivity contribution in [3.63, 3.8) is 0 Å². The van der Waals surface area contributed by atoms with E-state index in [1.54, 1.807) is 0 Å². The maximum atomic E-state index is 5.62. The Morgan fingerprint density at radius 3 is 3.22 bits per heavy atom. The Morgan fingerprint density at radius 1 is 1.35 bits per heavy atom. The fraction of sp³-hybridized carbons (Fsp3) is 0.526. The van der Waals surface area contributed by atoms with Crippen LogP contribution in [-0.4, -0.2) is 40.7 Å². The number of rotatable bonds is 4. The van der Waals surface area contributed by atoms with Crippen LogP contribution in [0.15, 0.2) is 30.6 Å². The molecular weight excluding hydrogens is 286 g/mol. The minimum atomic E-state index is 0.539. The van der Waals surface area contributed by atoms with E-state index >= 15 is 0 Å². The second kappa shape index (κ2) is 6.36. The topological polar surface area (TPSA) is 30.3 Å². The molecule has 23 heavy (non-hydrogen) atoms. The van der Waals surface area contributed by atoms with Crippen LogP contribution in [0.5, 0.6) is 5.75 Å². The fourth-order valence-corrected chi connectivity index (χ4v) is 3.93. The smallest absolute Gasteiger partial charge is 0.140 e. The van der Waals surface area contributed by atoms with E-state index in [-0.39, 0.29) is 0 Å². The van der Waals surface area contributed by atoms with E-state index in [2.05, 4.69) is 45.8 Å². The lowest BCUT2D eigenvalue weighted by Gasteiger charge is -2.33. The Labute approximate surface area is 138 Å². The van der Waals surface area contributed by atoms with Gasteiger partial charge < -0.3 is 14.2 Å². The van der Waals surface area contributed by atoms with Crippen LogP contribution in [-0.2, 0) is 6.42 Å². The number of piperidine rings is 1. The lowest BCUT2D eigenvalue weighted by atomic mass is 10.0. The summed E-state index contributed by atoms with van der Waals surface area (Å²) in [5.41, 5.74) is 2.53. The summed E-state index contributed by atoms with van der Waals surface area (Å²) in [7, 11) is 0. The molecular formula is C19H25N3O. The predicted molar refractivity (Wildman–Crippen MR) is 91.9 cm³/mol. The highest BCUT2D eigenvalue weighted by Gasteiger charge is 2.23. The summed E-state index contributed by atoms with van der Waals surface area (Å²) in [5.74, 6) is 2.14. The number of fused-ring (bicyclic) bond motifs is 1. The van der Waals surface area contributed by atoms with Crippen molar-refractivity contribution >= 4 is 0 Å². The van der Waals surface area contributed by atoms with Crippen molar-refractivity contribution < 1.29 is 4.74 Å². The van der Waals surface area contributed by atoms with Crippen molar-refractivity contribution in [1.82, 2.24) is 14.5 Å². The van der Waals surface area contributed by atoms with Gasteiger partial charge in [-0.05, 0) is 56.1 Å². The van der Waals surface area contributed by atoms with E-state index < -0.39 is 0 Å². The first-order valence-electron chi connectivity index (χ1n) is 8.86. The highest BCUT2D eigenvalue weighted by molar-refractivity contribution is 5.60. The molecule has 0 aliphatic carbocycles. The number of ether oxygens (including phenoxy) is 1. The van der Waals surface area contributed by atoms with Crippen LogP contribution in [0, 0.1) is 0 Å². The van der Waals surface area contributed by atoms with Gasteiger partial charge in [-0.25, -0.2) is 4.98 Å². The molecule has 2 aromatic rings. The molecule has 4 nitrogen and oxygen atoms in total. The van der Waals surface area contributed by atoms with Gasteiger partial charge in [0, 0.05) is 37.0 Å². The molecule has 0 bridgehead atoms. The SMILES string of the molecule is CCCN1CCCC(n2ccnc2-c2ccc3c(c2)CCO3)C1. The summed E-state index contributed by atoms with van der Waals surface area (Å²) in [4.78, 5) is 7.25. The van der Waals surface area contributed by atoms with E-state index in [1.165, 1.54) is 43.5 Å². The Hall–Kier alpha value is -1.81. The van der Waals surface area contributed by atoms with Crippen molar-refractivity contribution in [2.75, 3.05) is 26.2 Å². The summed E-state index contributed by atoms with van der Waals surface area (Å²) < 4.78 is 8.01. The maximum absolute atomic E-state index is 5.62. The zero-order valence-corrected chi connectivity index (χ0v) is 13.9. The largest absolute Gasteiger partial charge is 0.493 e. The molecule has 0 radical (unpaired) electrons. The molecule has 0 amide bonds. The van der Waals surface area contributed by atoms with Crippen LogP contribution in [0.4, 0.5) is 0 Å². The van der Waals surface area contributed by atoms with E-state index in [4.69, 9.17) is 4.74 Å². The molecule has 4 heteroatoms. The number of hydrogen-bond acceptors (Lipinski definition) is 3. The summed E-state index contributed by atoms with van der Waals surface area (Å²) in [6, 6.07) is 7.04. The molecule has 2 aliphatic rings. The van der Waals surface area contributed by atoms with Gasteiger partial charge in [0.25, 0.3) is 0 Å². The maximum Gasteiger partial charge on any atom is 0.140 e. The minimum absolute atomic E-state index is 0.539. The molecule has 122 valence electrons. The number of benzene rings is 1. The number of aromatic nitrogens is 2. The number of likely N-dealkylation sites (tertiary alicyclic amines) is 1. The van der Waals surface area contributed by atoms with Crippen molar-refractivity contribution in [3.05, 3.63) is 36.2 Å². The van der Waals surface area contributed by atoms with Gasteiger partial charge in [0.15, 0.2) is 0 Å². The van der Waals surface area contributed by atoms with E-state index in [0.29, 0.717) is 6.04 Å². The first kappa shape index (κ1) is 14.8. The second-order valence-corrected chi connectivity index (χ2v) is 6.68. The van der Waals surface area contributed by atoms with Crippen molar-refractivity contribution in [2.45, 2.75) is 38.6 Å². The average Bonchev–Trinajstić information content (AvgIpc) is 3.24. The number of imidazole rings is 1. The van der Waals surface area contributed by atoms with E-state index in [1.807, 2.05) is 6.20 Å². The summed E-state index contributed by atoms with van der Waals surface area (Å²) in [5, 5.41) is 0. The molecule has 1 aromatic heterocycles. The molecule has 2 aliphatic heterocycles. The van der Waals surface area contributed by atoms with Crippen molar-refractivity contribution in [1.29, 1.82) is 0 Å². The second-order valence-electron chi connectivity index (χ2n) is 6.68. The molecule has 1 atom stereocenters. The Bertz CT molecular complexity index is 677. The van der Waals surface area contributed by atoms with Crippen LogP contribution in [0.25, 0.3) is 11.4 Å². The van der Waals surface area contributed by atoms with E-state index in [9.17, 15) is 0 Å². The molecule has 1 saturated heterocycles. The van der Waals surface area contributed by atoms with Gasteiger partial charge in [-0.1, -0.05) is 6.92 Å². The predicted octanol–water partition coefficient (Wildman–Crippen LogP) is 3.53. The highest BCUT2D eigenvalue weighted by Crippen LogP contribution is 2.32. The summed E-state index contributed by atoms with van der Waals surface area (Å²) in [6.07, 6.45) is 8.86. The lowest BCUT2D eigenvalue weighted by Crippen LogP contribution is -2.37. The molecule has 0 spiro atoms. The van der Waals surface area contributed by atoms with Gasteiger partial charge in [0.05, 0.1) is 6.61 Å². The third-order valence-electron chi connectivity index (χ3n) is 5.03. The summed E-state index contributed by atoms with van der Waals surface area (Å²) in [6.45, 7) is 6.66. The number of hydrogen-bond donors (Lipinski definition) is 0. The molecule has 0 saturated carbocycles. The zero-order valence-electron chi connectivity index (χ0n) is 13.9. The van der Waals surface area contributed by atoms with Gasteiger partial charge in [-0.15, -0.1) is 0 Å². The first-order chi connectivity index (χ1) is 11.3. The normalized spacial score (nSPS) is 21.2. The quantitative estimate of drug-likeness (QED) is 0.865. The number of nitrogens with zero attached hydrogens (tertiary/aromatic N) is 3. The van der Waals surface area contributed by atoms with Crippen molar-refractivity contribution in [3.8, 4) is 17.1 Å². The highest BCUT2D eigenvalue weighted by atomic mass is 16.5. The third-order valence-corrected chi connectivity index (χ3v) is 5.03. The van der Waals surface area contributed by atoms with Gasteiger partial charge in [0.1, 0.15) is 11.6 Å². The van der Waals surface area contributed by atoms with Crippen LogP contribution < -0.4 is 4.74 Å². The fourth-order valence-electron chi connectivity index (χ4n) is 3.93. The van der Waals surface area contributed by atoms with Crippen LogP contribution in [0.1, 0.15) is 37.8 Å². The first-order valence-corrected chi connectivity index (χ1v) is 8.86. The Kier molecular flexibility index (Phi) is 4.08. The van der Waals surface area contributed by atoms with Gasteiger partial charge in [0.2, 0.25) is 0 Å². The van der Waals surface area contributed by atoms with Gasteiger partial charge in [-0.2, -0.15) is 0 Å². The van der Waals surface area contributed by atoms with E-state index in [0.717, 1.165) is 31.1 Å². The molecule has 1 fully saturated rings. The average molecular weight is 311 g/mol.